The second-order valence-electron chi connectivity index (χ2n) is 4.87. The molecule has 3 nitrogen and oxygen atoms in total. The van der Waals surface area contributed by atoms with Gasteiger partial charge in [0.1, 0.15) is 0 Å². The molecule has 3 heteroatoms. The Balaban J connectivity index is 2.05. The molecule has 2 aliphatic heterocycles. The van der Waals surface area contributed by atoms with Crippen LogP contribution in [-0.4, -0.2) is 23.6 Å². The molecule has 2 bridgehead atoms. The van der Waals surface area contributed by atoms with E-state index < -0.39 is 0 Å². The summed E-state index contributed by atoms with van der Waals surface area (Å²) in [4.78, 5) is 16.6. The van der Waals surface area contributed by atoms with Crippen molar-refractivity contribution in [2.24, 2.45) is 4.99 Å². The third-order valence-electron chi connectivity index (χ3n) is 4.13. The number of aliphatic imine (C=N–C) groups is 1. The van der Waals surface area contributed by atoms with E-state index in [1.165, 1.54) is 24.0 Å². The Labute approximate surface area is 101 Å². The molecule has 0 aliphatic carbocycles. The zero-order valence-corrected chi connectivity index (χ0v) is 10.0. The number of hydrogen-bond donors (Lipinski definition) is 0. The van der Waals surface area contributed by atoms with Crippen molar-refractivity contribution in [3.8, 4) is 0 Å². The zero-order valence-electron chi connectivity index (χ0n) is 10.0. The van der Waals surface area contributed by atoms with Crippen molar-refractivity contribution in [2.45, 2.75) is 38.3 Å². The van der Waals surface area contributed by atoms with Crippen LogP contribution in [0.5, 0.6) is 0 Å². The first-order valence-electron chi connectivity index (χ1n) is 6.30. The smallest absolute Gasteiger partial charge is 0.240 e. The fourth-order valence-corrected chi connectivity index (χ4v) is 3.42. The van der Waals surface area contributed by atoms with Crippen LogP contribution in [-0.2, 0) is 11.2 Å². The molecular weight excluding hydrogens is 212 g/mol. The predicted molar refractivity (Wildman–Crippen MR) is 66.1 cm³/mol. The molecule has 0 saturated carbocycles. The first-order valence-corrected chi connectivity index (χ1v) is 6.30. The lowest BCUT2D eigenvalue weighted by Crippen LogP contribution is -2.37. The van der Waals surface area contributed by atoms with Crippen LogP contribution in [0.15, 0.2) is 23.2 Å². The molecule has 0 N–H and O–H groups in total. The Morgan fingerprint density at radius 2 is 2.35 bits per heavy atom. The highest BCUT2D eigenvalue weighted by Gasteiger charge is 2.38. The summed E-state index contributed by atoms with van der Waals surface area (Å²) < 4.78 is 0. The Kier molecular flexibility index (Phi) is 2.58. The molecule has 0 aromatic heterocycles. The second-order valence-corrected chi connectivity index (χ2v) is 4.87. The van der Waals surface area contributed by atoms with Gasteiger partial charge in [-0.15, -0.1) is 0 Å². The standard InChI is InChI=1S/C14H16N2O/c1-2-16-12-5-6-14(16)13-8-11(15-9-17)4-3-10(13)7-12/h3-4,8,12,14H,2,5-7H2,1H3. The van der Waals surface area contributed by atoms with E-state index in [1.807, 2.05) is 6.07 Å². The molecule has 0 radical (unpaired) electrons. The molecule has 1 saturated heterocycles. The fourth-order valence-electron chi connectivity index (χ4n) is 3.42. The minimum Gasteiger partial charge on any atom is -0.293 e. The number of fused-ring (bicyclic) bond motifs is 4. The van der Waals surface area contributed by atoms with Crippen molar-refractivity contribution in [3.05, 3.63) is 29.3 Å². The number of nitrogens with zero attached hydrogens (tertiary/aromatic N) is 2. The summed E-state index contributed by atoms with van der Waals surface area (Å²) in [5.74, 6) is 0. The van der Waals surface area contributed by atoms with E-state index in [-0.39, 0.29) is 0 Å². The lowest BCUT2D eigenvalue weighted by Gasteiger charge is -2.35. The summed E-state index contributed by atoms with van der Waals surface area (Å²) in [5, 5.41) is 0. The SMILES string of the molecule is CCN1C2CCC1c1cc(N=C=O)ccc1C2. The summed E-state index contributed by atoms with van der Waals surface area (Å²) in [6, 6.07) is 7.37. The monoisotopic (exact) mass is 228 g/mol. The first kappa shape index (κ1) is 10.7. The van der Waals surface area contributed by atoms with Crippen molar-refractivity contribution in [3.63, 3.8) is 0 Å². The van der Waals surface area contributed by atoms with Gasteiger partial charge in [-0.05, 0) is 49.1 Å². The molecule has 0 spiro atoms. The van der Waals surface area contributed by atoms with Crippen molar-refractivity contribution < 1.29 is 4.79 Å². The average Bonchev–Trinajstić information content (AvgIpc) is 2.65. The molecule has 2 unspecified atom stereocenters. The molecule has 2 heterocycles. The van der Waals surface area contributed by atoms with E-state index in [2.05, 4.69) is 28.9 Å². The summed E-state index contributed by atoms with van der Waals surface area (Å²) >= 11 is 0. The molecule has 2 aliphatic rings. The summed E-state index contributed by atoms with van der Waals surface area (Å²) in [5.41, 5.74) is 3.55. The van der Waals surface area contributed by atoms with Crippen LogP contribution in [0.4, 0.5) is 5.69 Å². The highest BCUT2D eigenvalue weighted by Crippen LogP contribution is 2.44. The van der Waals surface area contributed by atoms with Gasteiger partial charge in [0.2, 0.25) is 6.08 Å². The molecule has 1 aromatic rings. The predicted octanol–water partition coefficient (Wildman–Crippen LogP) is 2.74. The Bertz CT molecular complexity index is 491. The molecular formula is C14H16N2O. The molecule has 1 aromatic carbocycles. The van der Waals surface area contributed by atoms with Crippen molar-refractivity contribution in [1.82, 2.24) is 4.90 Å². The van der Waals surface area contributed by atoms with Gasteiger partial charge in [-0.25, -0.2) is 4.79 Å². The Hall–Kier alpha value is -1.44. The third-order valence-corrected chi connectivity index (χ3v) is 4.13. The van der Waals surface area contributed by atoms with Gasteiger partial charge in [-0.3, -0.25) is 4.90 Å². The van der Waals surface area contributed by atoms with E-state index in [9.17, 15) is 4.79 Å². The number of rotatable bonds is 2. The van der Waals surface area contributed by atoms with Crippen molar-refractivity contribution in [1.29, 1.82) is 0 Å². The fraction of sp³-hybridized carbons (Fsp3) is 0.500. The average molecular weight is 228 g/mol. The normalized spacial score (nSPS) is 26.4. The number of isocyanates is 1. The van der Waals surface area contributed by atoms with Crippen LogP contribution < -0.4 is 0 Å². The topological polar surface area (TPSA) is 32.7 Å². The third kappa shape index (κ3) is 1.63. The maximum atomic E-state index is 10.3. The van der Waals surface area contributed by atoms with Gasteiger partial charge < -0.3 is 0 Å². The van der Waals surface area contributed by atoms with Crippen molar-refractivity contribution in [2.75, 3.05) is 6.54 Å². The van der Waals surface area contributed by atoms with Gasteiger partial charge in [0.15, 0.2) is 0 Å². The Morgan fingerprint density at radius 3 is 3.12 bits per heavy atom. The van der Waals surface area contributed by atoms with Gasteiger partial charge in [0.25, 0.3) is 0 Å². The van der Waals surface area contributed by atoms with Gasteiger partial charge >= 0.3 is 0 Å². The minimum absolute atomic E-state index is 0.538. The maximum absolute atomic E-state index is 10.3. The second kappa shape index (κ2) is 4.10. The quantitative estimate of drug-likeness (QED) is 0.576. The van der Waals surface area contributed by atoms with Crippen LogP contribution in [0.2, 0.25) is 0 Å². The van der Waals surface area contributed by atoms with Crippen molar-refractivity contribution >= 4 is 11.8 Å². The van der Waals surface area contributed by atoms with Gasteiger partial charge in [-0.1, -0.05) is 13.0 Å². The lowest BCUT2D eigenvalue weighted by atomic mass is 9.93. The number of benzene rings is 1. The molecule has 17 heavy (non-hydrogen) atoms. The maximum Gasteiger partial charge on any atom is 0.240 e. The van der Waals surface area contributed by atoms with Crippen LogP contribution in [0.1, 0.15) is 36.9 Å². The van der Waals surface area contributed by atoms with E-state index in [4.69, 9.17) is 0 Å². The van der Waals surface area contributed by atoms with Crippen LogP contribution in [0.25, 0.3) is 0 Å². The van der Waals surface area contributed by atoms with Gasteiger partial charge in [0.05, 0.1) is 5.69 Å². The lowest BCUT2D eigenvalue weighted by molar-refractivity contribution is 0.188. The molecule has 2 atom stereocenters. The van der Waals surface area contributed by atoms with Gasteiger partial charge in [0, 0.05) is 12.1 Å². The van der Waals surface area contributed by atoms with E-state index >= 15 is 0 Å². The Morgan fingerprint density at radius 1 is 1.47 bits per heavy atom. The van der Waals surface area contributed by atoms with Gasteiger partial charge in [-0.2, -0.15) is 4.99 Å². The molecule has 1 fully saturated rings. The highest BCUT2D eigenvalue weighted by atomic mass is 16.1. The first-order chi connectivity index (χ1) is 8.33. The summed E-state index contributed by atoms with van der Waals surface area (Å²) in [7, 11) is 0. The van der Waals surface area contributed by atoms with E-state index in [1.54, 1.807) is 6.08 Å². The molecule has 88 valence electrons. The van der Waals surface area contributed by atoms with Crippen LogP contribution in [0, 0.1) is 0 Å². The van der Waals surface area contributed by atoms with E-state index in [0.29, 0.717) is 6.04 Å². The summed E-state index contributed by atoms with van der Waals surface area (Å²) in [6.45, 7) is 3.33. The summed E-state index contributed by atoms with van der Waals surface area (Å²) in [6.07, 6.45) is 5.29. The highest BCUT2D eigenvalue weighted by molar-refractivity contribution is 5.53. The number of likely N-dealkylation sites (N-methyl/N-ethyl adjacent to an activating group) is 1. The van der Waals surface area contributed by atoms with Crippen LogP contribution in [0.3, 0.4) is 0 Å². The van der Waals surface area contributed by atoms with Crippen LogP contribution >= 0.6 is 0 Å². The number of hydrogen-bond acceptors (Lipinski definition) is 3. The van der Waals surface area contributed by atoms with E-state index in [0.717, 1.165) is 24.7 Å². The number of carbonyl (C=O) groups excluding carboxylic acids is 1. The molecule has 0 amide bonds. The molecule has 3 rings (SSSR count). The zero-order chi connectivity index (χ0) is 11.8. The minimum atomic E-state index is 0.538. The largest absolute Gasteiger partial charge is 0.293 e.